The molecule has 0 saturated carbocycles. The maximum absolute atomic E-state index is 11.9. The number of rotatable bonds is 5. The highest BCUT2D eigenvalue weighted by Crippen LogP contribution is 2.32. The largest absolute Gasteiger partial charge is 0.317 e. The third kappa shape index (κ3) is 3.33. The average molecular weight is 269 g/mol. The van der Waals surface area contributed by atoms with E-state index in [1.807, 2.05) is 19.2 Å². The Balaban J connectivity index is 3.38. The average Bonchev–Trinajstić information content (AvgIpc) is 2.27. The van der Waals surface area contributed by atoms with Crippen LogP contribution in [0.2, 0.25) is 0 Å². The molecule has 1 aromatic rings. The molecule has 0 aliphatic heterocycles. The SMILES string of the molecule is CNC(C)C(c1ccccc1S(C)(=O)=O)C(C)C. The van der Waals surface area contributed by atoms with E-state index < -0.39 is 9.84 Å². The van der Waals surface area contributed by atoms with E-state index in [4.69, 9.17) is 0 Å². The van der Waals surface area contributed by atoms with Gasteiger partial charge in [-0.1, -0.05) is 32.0 Å². The van der Waals surface area contributed by atoms with Crippen molar-refractivity contribution >= 4 is 9.84 Å². The number of hydrogen-bond acceptors (Lipinski definition) is 3. The van der Waals surface area contributed by atoms with E-state index in [0.717, 1.165) is 5.56 Å². The summed E-state index contributed by atoms with van der Waals surface area (Å²) >= 11 is 0. The van der Waals surface area contributed by atoms with Crippen LogP contribution in [-0.2, 0) is 9.84 Å². The molecule has 0 radical (unpaired) electrons. The quantitative estimate of drug-likeness (QED) is 0.893. The lowest BCUT2D eigenvalue weighted by atomic mass is 9.83. The zero-order chi connectivity index (χ0) is 13.9. The van der Waals surface area contributed by atoms with Crippen LogP contribution in [-0.4, -0.2) is 27.8 Å². The Morgan fingerprint density at radius 3 is 2.11 bits per heavy atom. The smallest absolute Gasteiger partial charge is 0.175 e. The van der Waals surface area contributed by atoms with Crippen molar-refractivity contribution in [2.24, 2.45) is 5.92 Å². The number of hydrogen-bond donors (Lipinski definition) is 1. The first kappa shape index (κ1) is 15.2. The Bertz CT molecular complexity index is 494. The van der Waals surface area contributed by atoms with Gasteiger partial charge in [0, 0.05) is 18.2 Å². The van der Waals surface area contributed by atoms with Gasteiger partial charge in [-0.3, -0.25) is 0 Å². The van der Waals surface area contributed by atoms with Gasteiger partial charge in [0.1, 0.15) is 0 Å². The first-order valence-corrected chi connectivity index (χ1v) is 8.14. The molecule has 2 unspecified atom stereocenters. The Kier molecular flexibility index (Phi) is 4.93. The summed E-state index contributed by atoms with van der Waals surface area (Å²) in [5.74, 6) is 0.552. The van der Waals surface area contributed by atoms with Crippen LogP contribution >= 0.6 is 0 Å². The van der Waals surface area contributed by atoms with Crippen molar-refractivity contribution in [3.8, 4) is 0 Å². The summed E-state index contributed by atoms with van der Waals surface area (Å²) in [6.07, 6.45) is 1.27. The summed E-state index contributed by atoms with van der Waals surface area (Å²) < 4.78 is 23.7. The maximum atomic E-state index is 11.9. The number of benzene rings is 1. The topological polar surface area (TPSA) is 46.2 Å². The Hall–Kier alpha value is -0.870. The summed E-state index contributed by atoms with van der Waals surface area (Å²) in [6, 6.07) is 7.54. The molecule has 1 rings (SSSR count). The van der Waals surface area contributed by atoms with Gasteiger partial charge in [0.2, 0.25) is 0 Å². The van der Waals surface area contributed by atoms with Crippen LogP contribution in [0.15, 0.2) is 29.2 Å². The molecule has 102 valence electrons. The maximum Gasteiger partial charge on any atom is 0.175 e. The van der Waals surface area contributed by atoms with E-state index in [1.165, 1.54) is 6.26 Å². The Morgan fingerprint density at radius 2 is 1.67 bits per heavy atom. The summed E-state index contributed by atoms with van der Waals surface area (Å²) in [5.41, 5.74) is 0.914. The van der Waals surface area contributed by atoms with Gasteiger partial charge >= 0.3 is 0 Å². The minimum atomic E-state index is -3.18. The van der Waals surface area contributed by atoms with Crippen molar-refractivity contribution in [2.75, 3.05) is 13.3 Å². The minimum Gasteiger partial charge on any atom is -0.317 e. The number of sulfone groups is 1. The Morgan fingerprint density at radius 1 is 1.11 bits per heavy atom. The van der Waals surface area contributed by atoms with Crippen LogP contribution in [0.4, 0.5) is 0 Å². The second kappa shape index (κ2) is 5.85. The molecule has 18 heavy (non-hydrogen) atoms. The van der Waals surface area contributed by atoms with Gasteiger partial charge in [-0.05, 0) is 31.5 Å². The molecule has 0 amide bonds. The fraction of sp³-hybridized carbons (Fsp3) is 0.571. The molecule has 0 spiro atoms. The zero-order valence-electron chi connectivity index (χ0n) is 11.8. The van der Waals surface area contributed by atoms with E-state index in [-0.39, 0.29) is 12.0 Å². The molecule has 0 bridgehead atoms. The van der Waals surface area contributed by atoms with E-state index in [2.05, 4.69) is 26.1 Å². The second-order valence-electron chi connectivity index (χ2n) is 5.16. The molecule has 2 atom stereocenters. The highest BCUT2D eigenvalue weighted by molar-refractivity contribution is 7.90. The lowest BCUT2D eigenvalue weighted by Crippen LogP contribution is -2.32. The molecule has 4 heteroatoms. The van der Waals surface area contributed by atoms with Gasteiger partial charge in [-0.2, -0.15) is 0 Å². The summed E-state index contributed by atoms with van der Waals surface area (Å²) in [7, 11) is -1.28. The highest BCUT2D eigenvalue weighted by Gasteiger charge is 2.26. The Labute approximate surface area is 111 Å². The number of likely N-dealkylation sites (N-methyl/N-ethyl adjacent to an activating group) is 1. The van der Waals surface area contributed by atoms with E-state index in [9.17, 15) is 8.42 Å². The van der Waals surface area contributed by atoms with Gasteiger partial charge in [-0.25, -0.2) is 8.42 Å². The predicted octanol–water partition coefficient (Wildman–Crippen LogP) is 2.44. The monoisotopic (exact) mass is 269 g/mol. The van der Waals surface area contributed by atoms with Gasteiger partial charge in [0.05, 0.1) is 4.90 Å². The molecule has 1 N–H and O–H groups in total. The van der Waals surface area contributed by atoms with Crippen LogP contribution in [0.1, 0.15) is 32.3 Å². The standard InChI is InChI=1S/C14H23NO2S/c1-10(2)14(11(3)15-4)12-8-6-7-9-13(12)18(5,16)17/h6-11,14-15H,1-5H3. The second-order valence-corrected chi connectivity index (χ2v) is 7.14. The molecule has 0 aromatic heterocycles. The summed E-state index contributed by atoms with van der Waals surface area (Å²) in [5, 5.41) is 3.23. The van der Waals surface area contributed by atoms with Crippen molar-refractivity contribution < 1.29 is 8.42 Å². The predicted molar refractivity (Wildman–Crippen MR) is 75.7 cm³/mol. The van der Waals surface area contributed by atoms with Crippen molar-refractivity contribution in [2.45, 2.75) is 37.6 Å². The zero-order valence-corrected chi connectivity index (χ0v) is 12.6. The molecule has 0 saturated heterocycles. The summed E-state index contributed by atoms with van der Waals surface area (Å²) in [6.45, 7) is 6.33. The number of nitrogens with one attached hydrogen (secondary N) is 1. The van der Waals surface area contributed by atoms with Gasteiger partial charge < -0.3 is 5.32 Å². The van der Waals surface area contributed by atoms with Crippen molar-refractivity contribution in [1.82, 2.24) is 5.32 Å². The highest BCUT2D eigenvalue weighted by atomic mass is 32.2. The molecular weight excluding hydrogens is 246 g/mol. The molecule has 0 fully saturated rings. The van der Waals surface area contributed by atoms with Crippen molar-refractivity contribution in [1.29, 1.82) is 0 Å². The molecular formula is C14H23NO2S. The normalized spacial score (nSPS) is 15.7. The van der Waals surface area contributed by atoms with Crippen molar-refractivity contribution in [3.05, 3.63) is 29.8 Å². The van der Waals surface area contributed by atoms with Gasteiger partial charge in [-0.15, -0.1) is 0 Å². The van der Waals surface area contributed by atoms with Crippen LogP contribution in [0.5, 0.6) is 0 Å². The molecule has 3 nitrogen and oxygen atoms in total. The van der Waals surface area contributed by atoms with Gasteiger partial charge in [0.25, 0.3) is 0 Å². The van der Waals surface area contributed by atoms with Crippen LogP contribution in [0.25, 0.3) is 0 Å². The third-order valence-electron chi connectivity index (χ3n) is 3.39. The lowest BCUT2D eigenvalue weighted by molar-refractivity contribution is 0.390. The minimum absolute atomic E-state index is 0.181. The third-order valence-corrected chi connectivity index (χ3v) is 4.56. The van der Waals surface area contributed by atoms with E-state index in [0.29, 0.717) is 10.8 Å². The fourth-order valence-corrected chi connectivity index (χ4v) is 3.44. The molecule has 0 aliphatic carbocycles. The first-order chi connectivity index (χ1) is 8.29. The van der Waals surface area contributed by atoms with Crippen LogP contribution < -0.4 is 5.32 Å². The fourth-order valence-electron chi connectivity index (χ4n) is 2.48. The lowest BCUT2D eigenvalue weighted by Gasteiger charge is -2.29. The molecule has 0 aliphatic rings. The molecule has 1 aromatic carbocycles. The summed E-state index contributed by atoms with van der Waals surface area (Å²) in [4.78, 5) is 0.450. The van der Waals surface area contributed by atoms with Gasteiger partial charge in [0.15, 0.2) is 9.84 Å². The molecule has 0 heterocycles. The van der Waals surface area contributed by atoms with E-state index in [1.54, 1.807) is 12.1 Å². The van der Waals surface area contributed by atoms with E-state index >= 15 is 0 Å². The van der Waals surface area contributed by atoms with Crippen molar-refractivity contribution in [3.63, 3.8) is 0 Å². The van der Waals surface area contributed by atoms with Crippen LogP contribution in [0, 0.1) is 5.92 Å². The van der Waals surface area contributed by atoms with Crippen LogP contribution in [0.3, 0.4) is 0 Å². The first-order valence-electron chi connectivity index (χ1n) is 6.25.